The van der Waals surface area contributed by atoms with E-state index in [1.807, 2.05) is 72.2 Å². The van der Waals surface area contributed by atoms with E-state index in [0.29, 0.717) is 38.9 Å². The van der Waals surface area contributed by atoms with Gasteiger partial charge in [-0.15, -0.1) is 10.2 Å². The van der Waals surface area contributed by atoms with Gasteiger partial charge in [-0.1, -0.05) is 84.4 Å². The molecule has 0 saturated heterocycles. The van der Waals surface area contributed by atoms with Crippen LogP contribution in [0, 0.1) is 0 Å². The lowest BCUT2D eigenvalue weighted by Gasteiger charge is -2.16. The van der Waals surface area contributed by atoms with Gasteiger partial charge < -0.3 is 10.1 Å². The summed E-state index contributed by atoms with van der Waals surface area (Å²) in [5.74, 6) is 1.71. The Morgan fingerprint density at radius 2 is 1.86 bits per heavy atom. The molecule has 1 heterocycles. The molecule has 0 fully saturated rings. The van der Waals surface area contributed by atoms with Crippen molar-refractivity contribution in [2.24, 2.45) is 0 Å². The molecule has 0 saturated carbocycles. The zero-order chi connectivity index (χ0) is 25.5. The summed E-state index contributed by atoms with van der Waals surface area (Å²) in [5.41, 5.74) is 2.76. The molecule has 0 bridgehead atoms. The van der Waals surface area contributed by atoms with Gasteiger partial charge in [0.25, 0.3) is 0 Å². The van der Waals surface area contributed by atoms with Crippen molar-refractivity contribution in [3.8, 4) is 11.4 Å². The van der Waals surface area contributed by atoms with E-state index in [1.165, 1.54) is 11.8 Å². The fourth-order valence-electron chi connectivity index (χ4n) is 3.87. The lowest BCUT2D eigenvalue weighted by atomic mass is 9.96. The normalized spacial score (nSPS) is 11.8. The monoisotopic (exact) mass is 540 g/mol. The molecule has 4 rings (SSSR count). The standard InChI is InChI=1S/C27H26Cl2N4O2S/c1-3-22(19-9-5-4-6-10-19)26(34)30-16-25-31-32-27(33(25)24-13-12-20(28)15-23(24)29)36-17-18-8-7-11-21(14-18)35-2/h4-15,22H,3,16-17H2,1-2H3,(H,30,34). The van der Waals surface area contributed by atoms with E-state index in [4.69, 9.17) is 27.9 Å². The first-order valence-electron chi connectivity index (χ1n) is 11.5. The van der Waals surface area contributed by atoms with Crippen LogP contribution in [-0.4, -0.2) is 27.8 Å². The molecular formula is C27H26Cl2N4O2S. The maximum Gasteiger partial charge on any atom is 0.227 e. The number of nitrogens with zero attached hydrogens (tertiary/aromatic N) is 3. The van der Waals surface area contributed by atoms with E-state index in [0.717, 1.165) is 16.9 Å². The zero-order valence-corrected chi connectivity index (χ0v) is 22.3. The van der Waals surface area contributed by atoms with E-state index < -0.39 is 0 Å². The molecule has 6 nitrogen and oxygen atoms in total. The minimum Gasteiger partial charge on any atom is -0.497 e. The number of carbonyl (C=O) groups is 1. The number of nitrogens with one attached hydrogen (secondary N) is 1. The summed E-state index contributed by atoms with van der Waals surface area (Å²) in [4.78, 5) is 13.1. The van der Waals surface area contributed by atoms with E-state index in [1.54, 1.807) is 19.2 Å². The van der Waals surface area contributed by atoms with Crippen molar-refractivity contribution in [1.82, 2.24) is 20.1 Å². The van der Waals surface area contributed by atoms with Gasteiger partial charge in [0.1, 0.15) is 5.75 Å². The van der Waals surface area contributed by atoms with Crippen molar-refractivity contribution in [3.63, 3.8) is 0 Å². The van der Waals surface area contributed by atoms with Crippen molar-refractivity contribution >= 4 is 40.9 Å². The van der Waals surface area contributed by atoms with Crippen LogP contribution in [0.25, 0.3) is 5.69 Å². The van der Waals surface area contributed by atoms with Crippen LogP contribution in [-0.2, 0) is 17.1 Å². The Hall–Kier alpha value is -3.00. The highest BCUT2D eigenvalue weighted by Gasteiger charge is 2.21. The van der Waals surface area contributed by atoms with Crippen LogP contribution >= 0.6 is 35.0 Å². The van der Waals surface area contributed by atoms with Crippen LogP contribution in [0.5, 0.6) is 5.75 Å². The average Bonchev–Trinajstić information content (AvgIpc) is 3.30. The molecule has 1 unspecified atom stereocenters. The van der Waals surface area contributed by atoms with Crippen molar-refractivity contribution in [2.75, 3.05) is 7.11 Å². The number of rotatable bonds is 10. The molecule has 0 aliphatic rings. The molecule has 0 radical (unpaired) electrons. The fourth-order valence-corrected chi connectivity index (χ4v) is 5.27. The second-order valence-corrected chi connectivity index (χ2v) is 9.85. The molecule has 0 aliphatic carbocycles. The summed E-state index contributed by atoms with van der Waals surface area (Å²) in [7, 11) is 1.65. The van der Waals surface area contributed by atoms with E-state index in [2.05, 4.69) is 15.5 Å². The van der Waals surface area contributed by atoms with Gasteiger partial charge in [-0.3, -0.25) is 9.36 Å². The van der Waals surface area contributed by atoms with Crippen molar-refractivity contribution < 1.29 is 9.53 Å². The van der Waals surface area contributed by atoms with Gasteiger partial charge >= 0.3 is 0 Å². The molecule has 0 aliphatic heterocycles. The Labute approximate surface area is 225 Å². The summed E-state index contributed by atoms with van der Waals surface area (Å²) in [6.07, 6.45) is 0.688. The summed E-state index contributed by atoms with van der Waals surface area (Å²) >= 11 is 14.2. The molecule has 186 valence electrons. The predicted octanol–water partition coefficient (Wildman–Crippen LogP) is 6.69. The molecule has 36 heavy (non-hydrogen) atoms. The lowest BCUT2D eigenvalue weighted by Crippen LogP contribution is -2.29. The number of amides is 1. The van der Waals surface area contributed by atoms with Crippen LogP contribution in [0.2, 0.25) is 10.0 Å². The maximum absolute atomic E-state index is 13.1. The summed E-state index contributed by atoms with van der Waals surface area (Å²) < 4.78 is 7.20. The molecule has 1 N–H and O–H groups in total. The molecule has 1 aromatic heterocycles. The minimum absolute atomic E-state index is 0.0639. The average molecular weight is 542 g/mol. The first kappa shape index (κ1) is 26.1. The van der Waals surface area contributed by atoms with Crippen molar-refractivity contribution in [1.29, 1.82) is 0 Å². The summed E-state index contributed by atoms with van der Waals surface area (Å²) in [6.45, 7) is 2.20. The highest BCUT2D eigenvalue weighted by atomic mass is 35.5. The van der Waals surface area contributed by atoms with Crippen molar-refractivity contribution in [3.05, 3.63) is 99.8 Å². The predicted molar refractivity (Wildman–Crippen MR) is 145 cm³/mol. The highest BCUT2D eigenvalue weighted by Crippen LogP contribution is 2.31. The van der Waals surface area contributed by atoms with Gasteiger partial charge in [0.2, 0.25) is 5.91 Å². The summed E-state index contributed by atoms with van der Waals surface area (Å²) in [6, 6.07) is 22.9. The van der Waals surface area contributed by atoms with Crippen LogP contribution < -0.4 is 10.1 Å². The van der Waals surface area contributed by atoms with Crippen LogP contribution in [0.15, 0.2) is 78.0 Å². The Kier molecular flexibility index (Phi) is 8.91. The number of hydrogen-bond acceptors (Lipinski definition) is 5. The van der Waals surface area contributed by atoms with Gasteiger partial charge in [-0.05, 0) is 47.9 Å². The Morgan fingerprint density at radius 3 is 2.58 bits per heavy atom. The van der Waals surface area contributed by atoms with Gasteiger partial charge in [-0.2, -0.15) is 0 Å². The quantitative estimate of drug-likeness (QED) is 0.227. The molecule has 1 amide bonds. The third kappa shape index (κ3) is 6.22. The lowest BCUT2D eigenvalue weighted by molar-refractivity contribution is -0.122. The van der Waals surface area contributed by atoms with Crippen LogP contribution in [0.3, 0.4) is 0 Å². The third-order valence-electron chi connectivity index (χ3n) is 5.70. The highest BCUT2D eigenvalue weighted by molar-refractivity contribution is 7.98. The smallest absolute Gasteiger partial charge is 0.227 e. The molecule has 3 aromatic carbocycles. The summed E-state index contributed by atoms with van der Waals surface area (Å²) in [5, 5.41) is 13.5. The van der Waals surface area contributed by atoms with Crippen LogP contribution in [0.1, 0.15) is 36.2 Å². The Morgan fingerprint density at radius 1 is 1.06 bits per heavy atom. The van der Waals surface area contributed by atoms with Gasteiger partial charge in [0, 0.05) is 10.8 Å². The molecular weight excluding hydrogens is 515 g/mol. The Balaban J connectivity index is 1.59. The second kappa shape index (κ2) is 12.3. The minimum atomic E-state index is -0.247. The van der Waals surface area contributed by atoms with Crippen LogP contribution in [0.4, 0.5) is 0 Å². The molecule has 4 aromatic rings. The molecule has 1 atom stereocenters. The number of hydrogen-bond donors (Lipinski definition) is 1. The number of aromatic nitrogens is 3. The van der Waals surface area contributed by atoms with E-state index in [9.17, 15) is 4.79 Å². The number of benzene rings is 3. The number of methoxy groups -OCH3 is 1. The van der Waals surface area contributed by atoms with Crippen molar-refractivity contribution in [2.45, 2.75) is 36.7 Å². The number of carbonyl (C=O) groups excluding carboxylic acids is 1. The van der Waals surface area contributed by atoms with Gasteiger partial charge in [0.05, 0.1) is 30.3 Å². The third-order valence-corrected chi connectivity index (χ3v) is 7.24. The Bertz CT molecular complexity index is 1330. The molecule has 9 heteroatoms. The largest absolute Gasteiger partial charge is 0.497 e. The number of ether oxygens (including phenoxy) is 1. The molecule has 0 spiro atoms. The van der Waals surface area contributed by atoms with E-state index >= 15 is 0 Å². The number of thioether (sulfide) groups is 1. The SMILES string of the molecule is CCC(C(=O)NCc1nnc(SCc2cccc(OC)c2)n1-c1ccc(Cl)cc1Cl)c1ccccc1. The first-order valence-corrected chi connectivity index (χ1v) is 13.2. The van der Waals surface area contributed by atoms with E-state index in [-0.39, 0.29) is 18.4 Å². The van der Waals surface area contributed by atoms with Gasteiger partial charge in [0.15, 0.2) is 11.0 Å². The first-order chi connectivity index (χ1) is 17.5. The fraction of sp³-hybridized carbons (Fsp3) is 0.222. The number of halogens is 2. The maximum atomic E-state index is 13.1. The van der Waals surface area contributed by atoms with Gasteiger partial charge in [-0.25, -0.2) is 0 Å². The second-order valence-electron chi connectivity index (χ2n) is 8.06. The zero-order valence-electron chi connectivity index (χ0n) is 19.9. The topological polar surface area (TPSA) is 69.0 Å².